The molecule has 10 heteroatoms. The van der Waals surface area contributed by atoms with Crippen LogP contribution in [0.4, 0.5) is 14.5 Å². The van der Waals surface area contributed by atoms with Gasteiger partial charge in [-0.25, -0.2) is 13.8 Å². The Labute approximate surface area is 198 Å². The maximum Gasteiger partial charge on any atom is 0.230 e. The maximum absolute atomic E-state index is 14.2. The molecule has 1 fully saturated rings. The van der Waals surface area contributed by atoms with Crippen LogP contribution in [0.5, 0.6) is 5.88 Å². The first kappa shape index (κ1) is 22.1. The van der Waals surface area contributed by atoms with Crippen LogP contribution in [0.15, 0.2) is 42.5 Å². The van der Waals surface area contributed by atoms with Crippen LogP contribution in [0.1, 0.15) is 29.2 Å². The molecule has 1 saturated heterocycles. The first-order valence-corrected chi connectivity index (χ1v) is 11.9. The van der Waals surface area contributed by atoms with E-state index in [4.69, 9.17) is 11.6 Å². The van der Waals surface area contributed by atoms with Gasteiger partial charge in [-0.2, -0.15) is 4.52 Å². The van der Waals surface area contributed by atoms with Crippen LogP contribution in [-0.2, 0) is 6.42 Å². The van der Waals surface area contributed by atoms with E-state index in [1.165, 1.54) is 21.9 Å². The summed E-state index contributed by atoms with van der Waals surface area (Å²) in [5, 5.41) is 16.0. The Morgan fingerprint density at radius 3 is 2.55 bits per heavy atom. The molecular formula is C23H22ClF2N5OS. The van der Waals surface area contributed by atoms with Gasteiger partial charge >= 0.3 is 0 Å². The normalized spacial score (nSPS) is 15.9. The molecule has 3 heterocycles. The highest BCUT2D eigenvalue weighted by Gasteiger charge is 2.32. The number of benzene rings is 2. The minimum absolute atomic E-state index is 0.0193. The highest BCUT2D eigenvalue weighted by Crippen LogP contribution is 2.40. The zero-order chi connectivity index (χ0) is 23.1. The molecule has 0 bridgehead atoms. The molecule has 33 heavy (non-hydrogen) atoms. The highest BCUT2D eigenvalue weighted by molar-refractivity contribution is 7.17. The number of aromatic hydroxyl groups is 1. The van der Waals surface area contributed by atoms with Crippen molar-refractivity contribution in [2.75, 3.05) is 31.1 Å². The summed E-state index contributed by atoms with van der Waals surface area (Å²) in [6, 6.07) is 11.2. The van der Waals surface area contributed by atoms with Crippen molar-refractivity contribution >= 4 is 33.6 Å². The SMILES string of the molecule is CCc1nc2sc([C@@H](c3ccc(F)c(F)c3)N3CCN(c4cccc(Cl)c4)CC3)c(O)n2n1. The van der Waals surface area contributed by atoms with Crippen LogP contribution in [-0.4, -0.2) is 50.8 Å². The van der Waals surface area contributed by atoms with Gasteiger partial charge in [0.1, 0.15) is 0 Å². The minimum atomic E-state index is -0.915. The molecule has 0 radical (unpaired) electrons. The summed E-state index contributed by atoms with van der Waals surface area (Å²) in [5.74, 6) is -1.19. The lowest BCUT2D eigenvalue weighted by atomic mass is 10.0. The van der Waals surface area contributed by atoms with Gasteiger partial charge in [-0.1, -0.05) is 42.0 Å². The topological polar surface area (TPSA) is 56.9 Å². The largest absolute Gasteiger partial charge is 0.492 e. The monoisotopic (exact) mass is 489 g/mol. The Morgan fingerprint density at radius 2 is 1.88 bits per heavy atom. The van der Waals surface area contributed by atoms with Crippen molar-refractivity contribution in [2.45, 2.75) is 19.4 Å². The van der Waals surface area contributed by atoms with Gasteiger partial charge < -0.3 is 10.0 Å². The quantitative estimate of drug-likeness (QED) is 0.432. The van der Waals surface area contributed by atoms with Gasteiger partial charge in [-0.05, 0) is 35.9 Å². The van der Waals surface area contributed by atoms with E-state index in [0.29, 0.717) is 45.8 Å². The third-order valence-corrected chi connectivity index (χ3v) is 7.23. The van der Waals surface area contributed by atoms with Gasteiger partial charge in [-0.15, -0.1) is 5.10 Å². The van der Waals surface area contributed by atoms with Crippen molar-refractivity contribution in [3.8, 4) is 5.88 Å². The zero-order valence-electron chi connectivity index (χ0n) is 17.9. The van der Waals surface area contributed by atoms with Crippen molar-refractivity contribution in [3.05, 3.63) is 75.4 Å². The van der Waals surface area contributed by atoms with E-state index in [0.717, 1.165) is 24.8 Å². The lowest BCUT2D eigenvalue weighted by molar-refractivity contribution is 0.210. The van der Waals surface area contributed by atoms with E-state index >= 15 is 0 Å². The molecule has 1 atom stereocenters. The number of nitrogens with zero attached hydrogens (tertiary/aromatic N) is 5. The van der Waals surface area contributed by atoms with E-state index in [9.17, 15) is 13.9 Å². The highest BCUT2D eigenvalue weighted by atomic mass is 35.5. The molecule has 5 rings (SSSR count). The molecule has 0 unspecified atom stereocenters. The number of hydrogen-bond acceptors (Lipinski definition) is 6. The number of thiazole rings is 1. The smallest absolute Gasteiger partial charge is 0.230 e. The Balaban J connectivity index is 1.49. The van der Waals surface area contributed by atoms with Gasteiger partial charge in [0.2, 0.25) is 10.8 Å². The Hall–Kier alpha value is -2.75. The molecule has 0 saturated carbocycles. The second kappa shape index (κ2) is 8.89. The number of aryl methyl sites for hydroxylation is 1. The molecule has 2 aromatic heterocycles. The fourth-order valence-corrected chi connectivity index (χ4v) is 5.56. The molecule has 172 valence electrons. The van der Waals surface area contributed by atoms with Gasteiger partial charge in [-0.3, -0.25) is 4.90 Å². The predicted molar refractivity (Wildman–Crippen MR) is 125 cm³/mol. The van der Waals surface area contributed by atoms with E-state index in [1.54, 1.807) is 6.07 Å². The molecule has 0 aliphatic carbocycles. The number of anilines is 1. The number of halogens is 3. The fraction of sp³-hybridized carbons (Fsp3) is 0.304. The van der Waals surface area contributed by atoms with E-state index in [2.05, 4.69) is 19.9 Å². The summed E-state index contributed by atoms with van der Waals surface area (Å²) in [5.41, 5.74) is 1.61. The second-order valence-electron chi connectivity index (χ2n) is 7.94. The molecule has 0 amide bonds. The average Bonchev–Trinajstić information content (AvgIpc) is 3.36. The minimum Gasteiger partial charge on any atom is -0.492 e. The number of piperazine rings is 1. The molecule has 4 aromatic rings. The summed E-state index contributed by atoms with van der Waals surface area (Å²) in [6.07, 6.45) is 0.654. The summed E-state index contributed by atoms with van der Waals surface area (Å²) >= 11 is 7.47. The summed E-state index contributed by atoms with van der Waals surface area (Å²) in [6.45, 7) is 4.71. The van der Waals surface area contributed by atoms with Gasteiger partial charge in [0.25, 0.3) is 0 Å². The van der Waals surface area contributed by atoms with Crippen molar-refractivity contribution in [3.63, 3.8) is 0 Å². The molecule has 6 nitrogen and oxygen atoms in total. The van der Waals surface area contributed by atoms with Crippen molar-refractivity contribution < 1.29 is 13.9 Å². The molecule has 0 spiro atoms. The van der Waals surface area contributed by atoms with Gasteiger partial charge in [0.15, 0.2) is 17.5 Å². The van der Waals surface area contributed by atoms with Crippen LogP contribution in [0.3, 0.4) is 0 Å². The Bertz CT molecular complexity index is 1300. The number of aromatic nitrogens is 3. The lowest BCUT2D eigenvalue weighted by Crippen LogP contribution is -2.47. The second-order valence-corrected chi connectivity index (χ2v) is 9.39. The van der Waals surface area contributed by atoms with Crippen LogP contribution < -0.4 is 4.90 Å². The van der Waals surface area contributed by atoms with Crippen molar-refractivity contribution in [2.24, 2.45) is 0 Å². The standard InChI is InChI=1S/C23H22ClF2N5OS/c1-2-19-27-23-31(28-19)22(32)21(33-23)20(14-6-7-17(25)18(26)12-14)30-10-8-29(9-11-30)16-5-3-4-15(24)13-16/h3-7,12-13,20,32H,2,8-11H2,1H3/t20-/m1/s1. The lowest BCUT2D eigenvalue weighted by Gasteiger charge is -2.40. The van der Waals surface area contributed by atoms with E-state index in [-0.39, 0.29) is 5.88 Å². The van der Waals surface area contributed by atoms with Crippen LogP contribution in [0.25, 0.3) is 4.96 Å². The first-order chi connectivity index (χ1) is 15.9. The van der Waals surface area contributed by atoms with E-state index < -0.39 is 17.7 Å². The maximum atomic E-state index is 14.2. The molecule has 1 aliphatic rings. The van der Waals surface area contributed by atoms with Crippen LogP contribution in [0.2, 0.25) is 5.02 Å². The van der Waals surface area contributed by atoms with E-state index in [1.807, 2.05) is 31.2 Å². The number of fused-ring (bicyclic) bond motifs is 1. The third-order valence-electron chi connectivity index (χ3n) is 5.92. The summed E-state index contributed by atoms with van der Waals surface area (Å²) in [4.78, 5) is 10.0. The fourth-order valence-electron chi connectivity index (χ4n) is 4.24. The predicted octanol–water partition coefficient (Wildman–Crippen LogP) is 4.90. The number of rotatable bonds is 5. The zero-order valence-corrected chi connectivity index (χ0v) is 19.5. The van der Waals surface area contributed by atoms with Crippen molar-refractivity contribution in [1.29, 1.82) is 0 Å². The molecule has 1 aliphatic heterocycles. The first-order valence-electron chi connectivity index (χ1n) is 10.7. The Kier molecular flexibility index (Phi) is 5.94. The van der Waals surface area contributed by atoms with Crippen LogP contribution >= 0.6 is 22.9 Å². The third kappa shape index (κ3) is 4.16. The number of hydrogen-bond donors (Lipinski definition) is 1. The van der Waals surface area contributed by atoms with Crippen molar-refractivity contribution in [1.82, 2.24) is 19.5 Å². The molecular weight excluding hydrogens is 468 g/mol. The van der Waals surface area contributed by atoms with Gasteiger partial charge in [0, 0.05) is 43.3 Å². The summed E-state index contributed by atoms with van der Waals surface area (Å²) in [7, 11) is 0. The van der Waals surface area contributed by atoms with Gasteiger partial charge in [0.05, 0.1) is 10.9 Å². The van der Waals surface area contributed by atoms with Crippen LogP contribution in [0, 0.1) is 11.6 Å². The summed E-state index contributed by atoms with van der Waals surface area (Å²) < 4.78 is 29.3. The molecule has 1 N–H and O–H groups in total. The molecule has 2 aromatic carbocycles. The Morgan fingerprint density at radius 1 is 1.09 bits per heavy atom. The average molecular weight is 490 g/mol.